The second kappa shape index (κ2) is 14.1. The Balaban J connectivity index is 0.921. The van der Waals surface area contributed by atoms with E-state index in [-0.39, 0.29) is 0 Å². The van der Waals surface area contributed by atoms with Gasteiger partial charge in [0.25, 0.3) is 0 Å². The normalized spacial score (nSPS) is 11.9. The zero-order valence-electron chi connectivity index (χ0n) is 28.6. The van der Waals surface area contributed by atoms with Crippen molar-refractivity contribution in [3.63, 3.8) is 0 Å². The summed E-state index contributed by atoms with van der Waals surface area (Å²) in [6.07, 6.45) is 12.6. The molecule has 0 N–H and O–H groups in total. The van der Waals surface area contributed by atoms with Gasteiger partial charge >= 0.3 is 0 Å². The van der Waals surface area contributed by atoms with E-state index in [9.17, 15) is 0 Å². The fraction of sp³-hybridized carbons (Fsp3) is 0.0200. The number of fused-ring (bicyclic) bond motifs is 3. The van der Waals surface area contributed by atoms with Crippen LogP contribution in [0.25, 0.3) is 79.0 Å². The summed E-state index contributed by atoms with van der Waals surface area (Å²) in [6, 6.07) is 56.1. The van der Waals surface area contributed by atoms with Crippen LogP contribution in [0.1, 0.15) is 27.9 Å². The Morgan fingerprint density at radius 3 is 1.78 bits per heavy atom. The summed E-state index contributed by atoms with van der Waals surface area (Å²) < 4.78 is 0. The predicted molar refractivity (Wildman–Crippen MR) is 221 cm³/mol. The summed E-state index contributed by atoms with van der Waals surface area (Å²) in [5.41, 5.74) is 12.5. The monoisotopic (exact) mass is 651 g/mol. The van der Waals surface area contributed by atoms with Gasteiger partial charge in [-0.05, 0) is 109 Å². The van der Waals surface area contributed by atoms with Crippen molar-refractivity contribution in [1.29, 1.82) is 0 Å². The van der Waals surface area contributed by atoms with E-state index in [1.807, 2.05) is 0 Å². The maximum atomic E-state index is 4.92. The van der Waals surface area contributed by atoms with Crippen molar-refractivity contribution in [1.82, 2.24) is 4.98 Å². The molecule has 8 aromatic rings. The molecular weight excluding hydrogens is 615 g/mol. The number of allylic oxidation sites excluding steroid dienone is 3. The standard InChI is InChI=1S/C50H37N/c1-35(18-26-41-33-42(27-19-36(41)2)48-15-7-11-39-9-3-5-13-46(39)48)17-20-37-21-23-38(24-22-37)25-30-45-31-28-44-34-43(29-32-50(44)51-45)49-16-8-12-40-10-4-6-14-47(40)49/h3-34H,1H2,2H3/b20-17+,26-18-,30-25+. The Bertz CT molecular complexity index is 2640. The van der Waals surface area contributed by atoms with Gasteiger partial charge in [0.2, 0.25) is 0 Å². The van der Waals surface area contributed by atoms with E-state index in [1.54, 1.807) is 0 Å². The first-order valence-corrected chi connectivity index (χ1v) is 17.4. The highest BCUT2D eigenvalue weighted by molar-refractivity contribution is 5.99. The molecule has 0 fully saturated rings. The highest BCUT2D eigenvalue weighted by Gasteiger charge is 2.07. The molecule has 0 aliphatic carbocycles. The number of rotatable bonds is 8. The molecule has 0 saturated heterocycles. The lowest BCUT2D eigenvalue weighted by molar-refractivity contribution is 1.37. The smallest absolute Gasteiger partial charge is 0.0709 e. The molecule has 7 aromatic carbocycles. The molecule has 0 aliphatic heterocycles. The molecular formula is C50H37N. The molecule has 242 valence electrons. The van der Waals surface area contributed by atoms with E-state index in [4.69, 9.17) is 4.98 Å². The van der Waals surface area contributed by atoms with Crippen molar-refractivity contribution in [2.45, 2.75) is 6.92 Å². The van der Waals surface area contributed by atoms with Crippen molar-refractivity contribution in [2.75, 3.05) is 0 Å². The molecule has 8 rings (SSSR count). The summed E-state index contributed by atoms with van der Waals surface area (Å²) in [5.74, 6) is 0. The first kappa shape index (κ1) is 31.7. The molecule has 51 heavy (non-hydrogen) atoms. The third-order valence-electron chi connectivity index (χ3n) is 9.54. The largest absolute Gasteiger partial charge is 0.248 e. The third-order valence-corrected chi connectivity index (χ3v) is 9.54. The molecule has 0 unspecified atom stereocenters. The third kappa shape index (κ3) is 6.97. The van der Waals surface area contributed by atoms with Crippen LogP contribution in [0.15, 0.2) is 182 Å². The molecule has 1 heteroatoms. The van der Waals surface area contributed by atoms with Gasteiger partial charge in [-0.2, -0.15) is 0 Å². The summed E-state index contributed by atoms with van der Waals surface area (Å²) in [7, 11) is 0. The molecule has 0 bridgehead atoms. The Morgan fingerprint density at radius 2 is 1.08 bits per heavy atom. The van der Waals surface area contributed by atoms with Gasteiger partial charge in [-0.1, -0.05) is 170 Å². The van der Waals surface area contributed by atoms with Crippen LogP contribution in [0.2, 0.25) is 0 Å². The summed E-state index contributed by atoms with van der Waals surface area (Å²) >= 11 is 0. The van der Waals surface area contributed by atoms with Crippen LogP contribution in [0.5, 0.6) is 0 Å². The quantitative estimate of drug-likeness (QED) is 0.149. The van der Waals surface area contributed by atoms with Gasteiger partial charge in [-0.3, -0.25) is 0 Å². The summed E-state index contributed by atoms with van der Waals surface area (Å²) in [5, 5.41) is 6.17. The molecule has 0 saturated carbocycles. The number of hydrogen-bond donors (Lipinski definition) is 0. The number of pyridine rings is 1. The lowest BCUT2D eigenvalue weighted by atomic mass is 9.95. The lowest BCUT2D eigenvalue weighted by Gasteiger charge is -2.09. The average Bonchev–Trinajstić information content (AvgIpc) is 3.18. The Labute approximate surface area is 299 Å². The first-order valence-electron chi connectivity index (χ1n) is 17.4. The molecule has 1 heterocycles. The zero-order valence-corrected chi connectivity index (χ0v) is 28.6. The van der Waals surface area contributed by atoms with Crippen LogP contribution >= 0.6 is 0 Å². The molecule has 1 aromatic heterocycles. The fourth-order valence-corrected chi connectivity index (χ4v) is 6.70. The second-order valence-electron chi connectivity index (χ2n) is 13.0. The fourth-order valence-electron chi connectivity index (χ4n) is 6.70. The summed E-state index contributed by atoms with van der Waals surface area (Å²) in [6.45, 7) is 6.43. The zero-order chi connectivity index (χ0) is 34.6. The van der Waals surface area contributed by atoms with Gasteiger partial charge in [0.05, 0.1) is 11.2 Å². The van der Waals surface area contributed by atoms with E-state index in [0.29, 0.717) is 0 Å². The van der Waals surface area contributed by atoms with Gasteiger partial charge in [0.15, 0.2) is 0 Å². The second-order valence-corrected chi connectivity index (χ2v) is 13.0. The molecule has 0 amide bonds. The van der Waals surface area contributed by atoms with Gasteiger partial charge in [-0.15, -0.1) is 0 Å². The molecule has 0 spiro atoms. The number of hydrogen-bond acceptors (Lipinski definition) is 1. The molecule has 0 radical (unpaired) electrons. The van der Waals surface area contributed by atoms with E-state index >= 15 is 0 Å². The number of nitrogens with zero attached hydrogens (tertiary/aromatic N) is 1. The van der Waals surface area contributed by atoms with Crippen LogP contribution in [0.4, 0.5) is 0 Å². The van der Waals surface area contributed by atoms with Crippen molar-refractivity contribution in [2.24, 2.45) is 0 Å². The highest BCUT2D eigenvalue weighted by Crippen LogP contribution is 2.32. The van der Waals surface area contributed by atoms with Crippen LogP contribution in [-0.2, 0) is 0 Å². The van der Waals surface area contributed by atoms with Crippen LogP contribution in [0.3, 0.4) is 0 Å². The Kier molecular flexibility index (Phi) is 8.77. The van der Waals surface area contributed by atoms with E-state index in [1.165, 1.54) is 54.9 Å². The van der Waals surface area contributed by atoms with Crippen molar-refractivity contribution in [3.8, 4) is 22.3 Å². The minimum Gasteiger partial charge on any atom is -0.248 e. The number of aromatic nitrogens is 1. The minimum absolute atomic E-state index is 0.936. The van der Waals surface area contributed by atoms with E-state index in [2.05, 4.69) is 208 Å². The lowest BCUT2D eigenvalue weighted by Crippen LogP contribution is -1.86. The number of benzene rings is 7. The van der Waals surface area contributed by atoms with Crippen LogP contribution in [0, 0.1) is 6.92 Å². The maximum Gasteiger partial charge on any atom is 0.0709 e. The van der Waals surface area contributed by atoms with Crippen LogP contribution < -0.4 is 0 Å². The average molecular weight is 652 g/mol. The topological polar surface area (TPSA) is 12.9 Å². The molecule has 0 atom stereocenters. The van der Waals surface area contributed by atoms with Crippen molar-refractivity contribution >= 4 is 56.8 Å². The van der Waals surface area contributed by atoms with Gasteiger partial charge in [-0.25, -0.2) is 4.98 Å². The Hall–Kier alpha value is -6.57. The van der Waals surface area contributed by atoms with E-state index < -0.39 is 0 Å². The number of aryl methyl sites for hydroxylation is 1. The summed E-state index contributed by atoms with van der Waals surface area (Å²) in [4.78, 5) is 4.92. The van der Waals surface area contributed by atoms with Crippen LogP contribution in [-0.4, -0.2) is 4.98 Å². The van der Waals surface area contributed by atoms with Crippen molar-refractivity contribution < 1.29 is 0 Å². The maximum absolute atomic E-state index is 4.92. The highest BCUT2D eigenvalue weighted by atomic mass is 14.7. The molecule has 0 aliphatic rings. The Morgan fingerprint density at radius 1 is 0.490 bits per heavy atom. The SMILES string of the molecule is C=C(/C=C\c1cc(-c2cccc3ccccc23)ccc1C)/C=C/c1ccc(/C=C/c2ccc3cc(-c4cccc5ccccc45)ccc3n2)cc1. The van der Waals surface area contributed by atoms with Gasteiger partial charge < -0.3 is 0 Å². The molecule has 1 nitrogen and oxygen atoms in total. The minimum atomic E-state index is 0.936. The predicted octanol–water partition coefficient (Wildman–Crippen LogP) is 13.6. The van der Waals surface area contributed by atoms with Gasteiger partial charge in [0, 0.05) is 5.39 Å². The van der Waals surface area contributed by atoms with E-state index in [0.717, 1.165) is 33.3 Å². The van der Waals surface area contributed by atoms with Crippen molar-refractivity contribution in [3.05, 3.63) is 210 Å². The van der Waals surface area contributed by atoms with Gasteiger partial charge in [0.1, 0.15) is 0 Å². The first-order chi connectivity index (χ1) is 25.1.